The summed E-state index contributed by atoms with van der Waals surface area (Å²) in [5.41, 5.74) is 10.2. The molecule has 1 aromatic heterocycles. The maximum absolute atomic E-state index is 5.82. The Balaban J connectivity index is 2.15. The van der Waals surface area contributed by atoms with Gasteiger partial charge < -0.3 is 10.6 Å². The van der Waals surface area contributed by atoms with E-state index >= 15 is 0 Å². The topological polar surface area (TPSA) is 55.0 Å². The summed E-state index contributed by atoms with van der Waals surface area (Å²) in [6, 6.07) is 10.2. The van der Waals surface area contributed by atoms with Crippen LogP contribution in [0.25, 0.3) is 11.3 Å². The standard InChI is InChI=1S/C14H16N4/c1-18-8-7-11-12(9-18)16-14(15)17-13(11)10-5-3-2-4-6-10/h2-6H,7-9H2,1H3,(H2,15,16,17). The summed E-state index contributed by atoms with van der Waals surface area (Å²) in [5.74, 6) is 0.364. The van der Waals surface area contributed by atoms with Gasteiger partial charge in [-0.3, -0.25) is 0 Å². The number of aromatic nitrogens is 2. The van der Waals surface area contributed by atoms with Crippen LogP contribution in [0.3, 0.4) is 0 Å². The molecule has 1 aromatic carbocycles. The van der Waals surface area contributed by atoms with Crippen molar-refractivity contribution in [3.05, 3.63) is 41.6 Å². The maximum atomic E-state index is 5.82. The van der Waals surface area contributed by atoms with Gasteiger partial charge in [0, 0.05) is 24.2 Å². The first kappa shape index (κ1) is 11.2. The predicted octanol–water partition coefficient (Wildman–Crippen LogP) is 1.71. The van der Waals surface area contributed by atoms with Crippen LogP contribution in [0, 0.1) is 0 Å². The highest BCUT2D eigenvalue weighted by Gasteiger charge is 2.20. The Morgan fingerprint density at radius 1 is 1.17 bits per heavy atom. The molecule has 2 aromatic rings. The molecule has 1 aliphatic rings. The zero-order chi connectivity index (χ0) is 12.5. The van der Waals surface area contributed by atoms with E-state index in [-0.39, 0.29) is 0 Å². The highest BCUT2D eigenvalue weighted by molar-refractivity contribution is 5.65. The minimum Gasteiger partial charge on any atom is -0.368 e. The van der Waals surface area contributed by atoms with Crippen molar-refractivity contribution in [1.29, 1.82) is 0 Å². The highest BCUT2D eigenvalue weighted by atomic mass is 15.1. The van der Waals surface area contributed by atoms with Gasteiger partial charge in [0.25, 0.3) is 0 Å². The quantitative estimate of drug-likeness (QED) is 0.824. The second-order valence-corrected chi connectivity index (χ2v) is 4.71. The van der Waals surface area contributed by atoms with E-state index in [0.717, 1.165) is 36.5 Å². The number of benzene rings is 1. The lowest BCUT2D eigenvalue weighted by Gasteiger charge is -2.25. The van der Waals surface area contributed by atoms with E-state index in [9.17, 15) is 0 Å². The zero-order valence-corrected chi connectivity index (χ0v) is 10.4. The number of rotatable bonds is 1. The Morgan fingerprint density at radius 3 is 2.72 bits per heavy atom. The molecular formula is C14H16N4. The third kappa shape index (κ3) is 1.95. The second kappa shape index (κ2) is 4.38. The van der Waals surface area contributed by atoms with Crippen molar-refractivity contribution in [2.24, 2.45) is 0 Å². The summed E-state index contributed by atoms with van der Waals surface area (Å²) >= 11 is 0. The molecule has 2 heterocycles. The average Bonchev–Trinajstić information content (AvgIpc) is 2.38. The van der Waals surface area contributed by atoms with Crippen molar-refractivity contribution in [2.75, 3.05) is 19.3 Å². The van der Waals surface area contributed by atoms with Gasteiger partial charge in [-0.1, -0.05) is 30.3 Å². The lowest BCUT2D eigenvalue weighted by molar-refractivity contribution is 0.307. The van der Waals surface area contributed by atoms with Crippen LogP contribution >= 0.6 is 0 Å². The molecule has 0 amide bonds. The number of anilines is 1. The first-order valence-corrected chi connectivity index (χ1v) is 6.13. The Bertz CT molecular complexity index is 566. The molecule has 18 heavy (non-hydrogen) atoms. The monoisotopic (exact) mass is 240 g/mol. The fourth-order valence-corrected chi connectivity index (χ4v) is 2.42. The molecule has 4 heteroatoms. The lowest BCUT2D eigenvalue weighted by atomic mass is 9.99. The number of likely N-dealkylation sites (N-methyl/N-ethyl adjacent to an activating group) is 1. The van der Waals surface area contributed by atoms with Crippen molar-refractivity contribution in [3.8, 4) is 11.3 Å². The molecule has 92 valence electrons. The number of nitrogen functional groups attached to an aromatic ring is 1. The van der Waals surface area contributed by atoms with Gasteiger partial charge in [-0.05, 0) is 13.5 Å². The normalized spacial score (nSPS) is 15.4. The molecule has 0 saturated heterocycles. The van der Waals surface area contributed by atoms with Crippen molar-refractivity contribution in [3.63, 3.8) is 0 Å². The van der Waals surface area contributed by atoms with Gasteiger partial charge in [0.2, 0.25) is 5.95 Å². The Kier molecular flexibility index (Phi) is 2.72. The van der Waals surface area contributed by atoms with Crippen molar-refractivity contribution >= 4 is 5.95 Å². The van der Waals surface area contributed by atoms with Crippen LogP contribution in [0.1, 0.15) is 11.3 Å². The number of nitrogens with zero attached hydrogens (tertiary/aromatic N) is 3. The van der Waals surface area contributed by atoms with Crippen LogP contribution < -0.4 is 5.73 Å². The van der Waals surface area contributed by atoms with Crippen LogP contribution in [0.4, 0.5) is 5.95 Å². The van der Waals surface area contributed by atoms with Crippen LogP contribution in [-0.2, 0) is 13.0 Å². The SMILES string of the molecule is CN1CCc2c(nc(N)nc2-c2ccccc2)C1. The molecule has 2 N–H and O–H groups in total. The maximum Gasteiger partial charge on any atom is 0.220 e. The van der Waals surface area contributed by atoms with Gasteiger partial charge in [-0.2, -0.15) is 0 Å². The van der Waals surface area contributed by atoms with Crippen LogP contribution in [0.5, 0.6) is 0 Å². The third-order valence-corrected chi connectivity index (χ3v) is 3.32. The number of fused-ring (bicyclic) bond motifs is 1. The van der Waals surface area contributed by atoms with E-state index < -0.39 is 0 Å². The summed E-state index contributed by atoms with van der Waals surface area (Å²) in [4.78, 5) is 11.1. The summed E-state index contributed by atoms with van der Waals surface area (Å²) < 4.78 is 0. The summed E-state index contributed by atoms with van der Waals surface area (Å²) in [7, 11) is 2.10. The molecule has 0 aliphatic carbocycles. The van der Waals surface area contributed by atoms with Crippen molar-refractivity contribution in [1.82, 2.24) is 14.9 Å². The summed E-state index contributed by atoms with van der Waals surface area (Å²) in [6.07, 6.45) is 0.982. The number of hydrogen-bond donors (Lipinski definition) is 1. The van der Waals surface area contributed by atoms with E-state index in [4.69, 9.17) is 5.73 Å². The molecular weight excluding hydrogens is 224 g/mol. The summed E-state index contributed by atoms with van der Waals surface area (Å²) in [5, 5.41) is 0. The van der Waals surface area contributed by atoms with Gasteiger partial charge in [-0.15, -0.1) is 0 Å². The molecule has 0 radical (unpaired) electrons. The fraction of sp³-hybridized carbons (Fsp3) is 0.286. The smallest absolute Gasteiger partial charge is 0.220 e. The molecule has 0 bridgehead atoms. The van der Waals surface area contributed by atoms with Gasteiger partial charge in [0.05, 0.1) is 11.4 Å². The number of hydrogen-bond acceptors (Lipinski definition) is 4. The zero-order valence-electron chi connectivity index (χ0n) is 10.4. The fourth-order valence-electron chi connectivity index (χ4n) is 2.42. The molecule has 1 aliphatic heterocycles. The first-order valence-electron chi connectivity index (χ1n) is 6.13. The van der Waals surface area contributed by atoms with Gasteiger partial charge in [0.15, 0.2) is 0 Å². The first-order chi connectivity index (χ1) is 8.74. The van der Waals surface area contributed by atoms with Crippen LogP contribution in [0.2, 0.25) is 0 Å². The predicted molar refractivity (Wildman–Crippen MR) is 71.9 cm³/mol. The highest BCUT2D eigenvalue weighted by Crippen LogP contribution is 2.27. The minimum atomic E-state index is 0.364. The lowest BCUT2D eigenvalue weighted by Crippen LogP contribution is -2.28. The molecule has 0 unspecified atom stereocenters. The van der Waals surface area contributed by atoms with Crippen LogP contribution in [0.15, 0.2) is 30.3 Å². The second-order valence-electron chi connectivity index (χ2n) is 4.71. The molecule has 0 saturated carbocycles. The van der Waals surface area contributed by atoms with Gasteiger partial charge in [-0.25, -0.2) is 9.97 Å². The Labute approximate surface area is 106 Å². The molecule has 0 fully saturated rings. The third-order valence-electron chi connectivity index (χ3n) is 3.32. The molecule has 4 nitrogen and oxygen atoms in total. The van der Waals surface area contributed by atoms with E-state index in [0.29, 0.717) is 5.95 Å². The summed E-state index contributed by atoms with van der Waals surface area (Å²) in [6.45, 7) is 1.89. The average molecular weight is 240 g/mol. The number of nitrogens with two attached hydrogens (primary N) is 1. The van der Waals surface area contributed by atoms with E-state index in [1.807, 2.05) is 18.2 Å². The largest absolute Gasteiger partial charge is 0.368 e. The van der Waals surface area contributed by atoms with E-state index in [2.05, 4.69) is 34.0 Å². The van der Waals surface area contributed by atoms with Crippen molar-refractivity contribution < 1.29 is 0 Å². The van der Waals surface area contributed by atoms with Crippen molar-refractivity contribution in [2.45, 2.75) is 13.0 Å². The Morgan fingerprint density at radius 2 is 1.94 bits per heavy atom. The van der Waals surface area contributed by atoms with Gasteiger partial charge in [0.1, 0.15) is 0 Å². The van der Waals surface area contributed by atoms with Gasteiger partial charge >= 0.3 is 0 Å². The molecule has 0 spiro atoms. The molecule has 3 rings (SSSR count). The van der Waals surface area contributed by atoms with E-state index in [1.165, 1.54) is 5.56 Å². The van der Waals surface area contributed by atoms with Crippen LogP contribution in [-0.4, -0.2) is 28.5 Å². The Hall–Kier alpha value is -1.94. The minimum absolute atomic E-state index is 0.364. The molecule has 0 atom stereocenters. The van der Waals surface area contributed by atoms with E-state index in [1.54, 1.807) is 0 Å².